The Bertz CT molecular complexity index is 619. The van der Waals surface area contributed by atoms with Gasteiger partial charge in [0.15, 0.2) is 0 Å². The Hall–Kier alpha value is -2.23. The summed E-state index contributed by atoms with van der Waals surface area (Å²) in [5.74, 6) is 0.230. The Balaban J connectivity index is 2.28. The summed E-state index contributed by atoms with van der Waals surface area (Å²) < 4.78 is 30.5. The van der Waals surface area contributed by atoms with Crippen molar-refractivity contribution in [2.75, 3.05) is 10.5 Å². The van der Waals surface area contributed by atoms with E-state index in [9.17, 15) is 8.42 Å². The van der Waals surface area contributed by atoms with Crippen molar-refractivity contribution in [2.45, 2.75) is 11.8 Å². The highest BCUT2D eigenvalue weighted by molar-refractivity contribution is 7.92. The summed E-state index contributed by atoms with van der Waals surface area (Å²) in [4.78, 5) is 7.00. The van der Waals surface area contributed by atoms with Gasteiger partial charge in [-0.2, -0.15) is 0 Å². The number of sulfonamides is 1. The molecule has 10 heteroatoms. The molecule has 0 radical (unpaired) electrons. The minimum atomic E-state index is -3.84. The first-order chi connectivity index (χ1) is 7.97. The van der Waals surface area contributed by atoms with E-state index in [-0.39, 0.29) is 22.7 Å². The highest BCUT2D eigenvalue weighted by Gasteiger charge is 2.18. The Morgan fingerprint density at radius 2 is 1.94 bits per heavy atom. The summed E-state index contributed by atoms with van der Waals surface area (Å²) in [5.41, 5.74) is 5.25. The van der Waals surface area contributed by atoms with E-state index in [1.54, 1.807) is 0 Å². The second-order valence-corrected chi connectivity index (χ2v) is 4.69. The lowest BCUT2D eigenvalue weighted by Gasteiger charge is -2.02. The fourth-order valence-corrected chi connectivity index (χ4v) is 1.79. The molecule has 2 heterocycles. The average molecular weight is 256 g/mol. The number of nitrogens with one attached hydrogen (secondary N) is 1. The third-order valence-corrected chi connectivity index (χ3v) is 2.98. The van der Waals surface area contributed by atoms with Crippen molar-refractivity contribution in [1.82, 2.24) is 20.2 Å². The van der Waals surface area contributed by atoms with Gasteiger partial charge in [-0.25, -0.2) is 23.1 Å². The molecule has 90 valence electrons. The average Bonchev–Trinajstić information content (AvgIpc) is 2.63. The second kappa shape index (κ2) is 3.97. The monoisotopic (exact) mass is 256 g/mol. The first-order valence-corrected chi connectivity index (χ1v) is 5.86. The zero-order valence-corrected chi connectivity index (χ0v) is 9.47. The van der Waals surface area contributed by atoms with E-state index in [1.807, 2.05) is 0 Å². The quantitative estimate of drug-likeness (QED) is 0.753. The van der Waals surface area contributed by atoms with Gasteiger partial charge in [0.1, 0.15) is 4.90 Å². The maximum absolute atomic E-state index is 11.8. The van der Waals surface area contributed by atoms with Crippen LogP contribution in [-0.4, -0.2) is 28.6 Å². The number of rotatable bonds is 3. The summed E-state index contributed by atoms with van der Waals surface area (Å²) in [5, 5.41) is 6.99. The topological polar surface area (TPSA) is 137 Å². The SMILES string of the molecule is Cc1nnc(NS(=O)(=O)c2cnc(N)nc2)o1. The van der Waals surface area contributed by atoms with Crippen LogP contribution in [-0.2, 0) is 10.0 Å². The molecule has 0 bridgehead atoms. The van der Waals surface area contributed by atoms with Crippen LogP contribution in [0.5, 0.6) is 0 Å². The predicted molar refractivity (Wildman–Crippen MR) is 56.3 cm³/mol. The number of aryl methyl sites for hydroxylation is 1. The summed E-state index contributed by atoms with van der Waals surface area (Å²) >= 11 is 0. The molecule has 0 atom stereocenters. The number of nitrogens with two attached hydrogens (primary N) is 1. The molecule has 0 saturated heterocycles. The first-order valence-electron chi connectivity index (χ1n) is 4.38. The van der Waals surface area contributed by atoms with Crippen LogP contribution in [0.25, 0.3) is 0 Å². The van der Waals surface area contributed by atoms with Gasteiger partial charge < -0.3 is 10.2 Å². The number of anilines is 2. The van der Waals surface area contributed by atoms with E-state index in [2.05, 4.69) is 24.9 Å². The molecule has 0 aliphatic rings. The third-order valence-electron chi connectivity index (χ3n) is 1.71. The Morgan fingerprint density at radius 3 is 2.47 bits per heavy atom. The van der Waals surface area contributed by atoms with Gasteiger partial charge in [-0.15, -0.1) is 5.10 Å². The van der Waals surface area contributed by atoms with Gasteiger partial charge in [0.2, 0.25) is 11.8 Å². The summed E-state index contributed by atoms with van der Waals surface area (Å²) in [6.07, 6.45) is 2.15. The largest absolute Gasteiger partial charge is 0.408 e. The molecule has 2 rings (SSSR count). The summed E-state index contributed by atoms with van der Waals surface area (Å²) in [6, 6.07) is -0.223. The van der Waals surface area contributed by atoms with Crippen molar-refractivity contribution < 1.29 is 12.8 Å². The lowest BCUT2D eigenvalue weighted by Crippen LogP contribution is -2.14. The Labute approximate surface area is 96.1 Å². The molecule has 0 aromatic carbocycles. The smallest absolute Gasteiger partial charge is 0.329 e. The fraction of sp³-hybridized carbons (Fsp3) is 0.143. The highest BCUT2D eigenvalue weighted by Crippen LogP contribution is 2.13. The van der Waals surface area contributed by atoms with Crippen molar-refractivity contribution in [3.63, 3.8) is 0 Å². The van der Waals surface area contributed by atoms with Crippen molar-refractivity contribution >= 4 is 22.0 Å². The Morgan fingerprint density at radius 1 is 1.29 bits per heavy atom. The van der Waals surface area contributed by atoms with Gasteiger partial charge in [0, 0.05) is 6.92 Å². The second-order valence-electron chi connectivity index (χ2n) is 3.01. The maximum Gasteiger partial charge on any atom is 0.329 e. The lowest BCUT2D eigenvalue weighted by atomic mass is 10.7. The van der Waals surface area contributed by atoms with Gasteiger partial charge in [-0.05, 0) is 0 Å². The molecule has 0 aliphatic heterocycles. The van der Waals surface area contributed by atoms with Gasteiger partial charge in [-0.3, -0.25) is 0 Å². The van der Waals surface area contributed by atoms with E-state index in [0.717, 1.165) is 12.4 Å². The van der Waals surface area contributed by atoms with E-state index in [4.69, 9.17) is 10.2 Å². The standard InChI is InChI=1S/C7H8N6O3S/c1-4-11-12-7(16-4)13-17(14,15)5-2-9-6(8)10-3-5/h2-3H,1H3,(H,12,13)(H2,8,9,10). The minimum absolute atomic E-state index is 0.0161. The molecule has 9 nitrogen and oxygen atoms in total. The van der Waals surface area contributed by atoms with Gasteiger partial charge in [0.05, 0.1) is 12.4 Å². The van der Waals surface area contributed by atoms with Crippen LogP contribution in [0.1, 0.15) is 5.89 Å². The molecule has 0 unspecified atom stereocenters. The molecular weight excluding hydrogens is 248 g/mol. The van der Waals surface area contributed by atoms with E-state index in [1.165, 1.54) is 6.92 Å². The van der Waals surface area contributed by atoms with Crippen LogP contribution in [0.2, 0.25) is 0 Å². The van der Waals surface area contributed by atoms with Crippen molar-refractivity contribution in [3.05, 3.63) is 18.3 Å². The molecule has 0 aliphatic carbocycles. The number of aromatic nitrogens is 4. The molecule has 2 aromatic heterocycles. The van der Waals surface area contributed by atoms with E-state index in [0.29, 0.717) is 0 Å². The normalized spacial score (nSPS) is 11.4. The minimum Gasteiger partial charge on any atom is -0.408 e. The van der Waals surface area contributed by atoms with Crippen LogP contribution < -0.4 is 10.5 Å². The van der Waals surface area contributed by atoms with Crippen molar-refractivity contribution in [1.29, 1.82) is 0 Å². The van der Waals surface area contributed by atoms with Gasteiger partial charge in [0.25, 0.3) is 10.0 Å². The fourth-order valence-electron chi connectivity index (χ4n) is 0.977. The maximum atomic E-state index is 11.8. The Kier molecular flexibility index (Phi) is 2.63. The van der Waals surface area contributed by atoms with Crippen LogP contribution >= 0.6 is 0 Å². The molecule has 17 heavy (non-hydrogen) atoms. The molecule has 0 spiro atoms. The van der Waals surface area contributed by atoms with Crippen molar-refractivity contribution in [3.8, 4) is 0 Å². The summed E-state index contributed by atoms with van der Waals surface area (Å²) in [6.45, 7) is 1.54. The van der Waals surface area contributed by atoms with E-state index >= 15 is 0 Å². The molecule has 0 amide bonds. The van der Waals surface area contributed by atoms with Crippen LogP contribution in [0.4, 0.5) is 12.0 Å². The lowest BCUT2D eigenvalue weighted by molar-refractivity contribution is 0.534. The molecule has 2 aromatic rings. The summed E-state index contributed by atoms with van der Waals surface area (Å²) in [7, 11) is -3.84. The third kappa shape index (κ3) is 2.47. The highest BCUT2D eigenvalue weighted by atomic mass is 32.2. The zero-order chi connectivity index (χ0) is 12.5. The van der Waals surface area contributed by atoms with Gasteiger partial charge >= 0.3 is 6.01 Å². The van der Waals surface area contributed by atoms with Crippen LogP contribution in [0.3, 0.4) is 0 Å². The predicted octanol–water partition coefficient (Wildman–Crippen LogP) is -0.449. The number of nitrogen functional groups attached to an aromatic ring is 1. The molecule has 3 N–H and O–H groups in total. The molecule has 0 fully saturated rings. The van der Waals surface area contributed by atoms with Gasteiger partial charge in [-0.1, -0.05) is 5.10 Å². The van der Waals surface area contributed by atoms with Crippen LogP contribution in [0.15, 0.2) is 21.7 Å². The number of hydrogen-bond acceptors (Lipinski definition) is 8. The van der Waals surface area contributed by atoms with Crippen molar-refractivity contribution in [2.24, 2.45) is 0 Å². The zero-order valence-electron chi connectivity index (χ0n) is 8.65. The number of hydrogen-bond donors (Lipinski definition) is 2. The molecular formula is C7H8N6O3S. The molecule has 0 saturated carbocycles. The van der Waals surface area contributed by atoms with Crippen LogP contribution in [0, 0.1) is 6.92 Å². The van der Waals surface area contributed by atoms with E-state index < -0.39 is 10.0 Å². The first kappa shape index (κ1) is 11.3. The number of nitrogens with zero attached hydrogens (tertiary/aromatic N) is 4.